The number of methoxy groups -OCH3 is 1. The Morgan fingerprint density at radius 1 is 1.18 bits per heavy atom. The summed E-state index contributed by atoms with van der Waals surface area (Å²) >= 11 is 0. The van der Waals surface area contributed by atoms with Gasteiger partial charge in [0.25, 0.3) is 0 Å². The molecule has 1 unspecified atom stereocenters. The monoisotopic (exact) mass is 318 g/mol. The minimum Gasteiger partial charge on any atom is -0.495 e. The van der Waals surface area contributed by atoms with E-state index in [2.05, 4.69) is 0 Å². The minimum atomic E-state index is -2.76. The van der Waals surface area contributed by atoms with Crippen LogP contribution >= 0.6 is 8.25 Å². The van der Waals surface area contributed by atoms with Gasteiger partial charge in [-0.1, -0.05) is 6.07 Å². The van der Waals surface area contributed by atoms with E-state index in [9.17, 15) is 9.83 Å². The van der Waals surface area contributed by atoms with E-state index in [1.54, 1.807) is 37.3 Å². The lowest BCUT2D eigenvalue weighted by molar-refractivity contribution is 0.404. The third kappa shape index (κ3) is 3.73. The van der Waals surface area contributed by atoms with Crippen molar-refractivity contribution in [1.29, 1.82) is 5.26 Å². The first-order chi connectivity index (χ1) is 10.5. The van der Waals surface area contributed by atoms with Crippen molar-refractivity contribution in [3.63, 3.8) is 0 Å². The normalized spacial score (nSPS) is 10.5. The highest BCUT2D eigenvalue weighted by Gasteiger charge is 2.16. The molecule has 2 rings (SSSR count). The highest BCUT2D eigenvalue weighted by Crippen LogP contribution is 2.34. The fourth-order valence-corrected chi connectivity index (χ4v) is 2.20. The predicted octanol–water partition coefficient (Wildman–Crippen LogP) is 3.70. The molecule has 0 aliphatic heterocycles. The van der Waals surface area contributed by atoms with E-state index in [1.165, 1.54) is 13.2 Å². The number of hydrogen-bond donors (Lipinski definition) is 1. The van der Waals surface area contributed by atoms with Crippen LogP contribution in [0.2, 0.25) is 0 Å². The van der Waals surface area contributed by atoms with E-state index in [4.69, 9.17) is 18.9 Å². The van der Waals surface area contributed by atoms with Crippen molar-refractivity contribution < 1.29 is 23.5 Å². The molecule has 7 heteroatoms. The van der Waals surface area contributed by atoms with Gasteiger partial charge in [-0.15, -0.1) is 4.89 Å². The van der Waals surface area contributed by atoms with Gasteiger partial charge in [-0.2, -0.15) is 5.26 Å². The molecule has 0 heterocycles. The van der Waals surface area contributed by atoms with Crippen molar-refractivity contribution in [2.24, 2.45) is 0 Å². The first-order valence-corrected chi connectivity index (χ1v) is 7.37. The number of rotatable bonds is 5. The van der Waals surface area contributed by atoms with Gasteiger partial charge in [0.2, 0.25) is 0 Å². The van der Waals surface area contributed by atoms with Gasteiger partial charge in [0, 0.05) is 10.6 Å². The second kappa shape index (κ2) is 6.90. The van der Waals surface area contributed by atoms with Gasteiger partial charge in [0.15, 0.2) is 5.75 Å². The molecular weight excluding hydrogens is 305 g/mol. The summed E-state index contributed by atoms with van der Waals surface area (Å²) in [6, 6.07) is 11.8. The lowest BCUT2D eigenvalue weighted by atomic mass is 10.2. The van der Waals surface area contributed by atoms with Crippen molar-refractivity contribution in [1.82, 2.24) is 0 Å². The van der Waals surface area contributed by atoms with Crippen molar-refractivity contribution in [3.05, 3.63) is 47.5 Å². The Labute approximate surface area is 128 Å². The van der Waals surface area contributed by atoms with Gasteiger partial charge in [-0.25, -0.2) is 4.52 Å². The van der Waals surface area contributed by atoms with E-state index in [0.29, 0.717) is 17.2 Å². The third-order valence-corrected chi connectivity index (χ3v) is 3.12. The molecule has 112 valence electrons. The summed E-state index contributed by atoms with van der Waals surface area (Å²) < 4.78 is 26.3. The number of hydrogen-bond acceptors (Lipinski definition) is 5. The Hall–Kier alpha value is -2.61. The number of benzene rings is 2. The molecule has 2 aromatic rings. The van der Waals surface area contributed by atoms with Crippen molar-refractivity contribution in [2.45, 2.75) is 6.92 Å². The van der Waals surface area contributed by atoms with Crippen LogP contribution in [0.5, 0.6) is 23.0 Å². The van der Waals surface area contributed by atoms with Crippen molar-refractivity contribution >= 4 is 8.25 Å². The van der Waals surface area contributed by atoms with Gasteiger partial charge in [0.1, 0.15) is 28.9 Å². The van der Waals surface area contributed by atoms with Crippen LogP contribution in [0.4, 0.5) is 0 Å². The second-order valence-electron chi connectivity index (χ2n) is 4.36. The van der Waals surface area contributed by atoms with Crippen molar-refractivity contribution in [3.8, 4) is 29.1 Å². The maximum atomic E-state index is 10.8. The summed E-state index contributed by atoms with van der Waals surface area (Å²) in [5.41, 5.74) is 1.05. The molecule has 0 fully saturated rings. The third-order valence-electron chi connectivity index (χ3n) is 2.76. The van der Waals surface area contributed by atoms with Crippen LogP contribution in [0.15, 0.2) is 36.4 Å². The highest BCUT2D eigenvalue weighted by atomic mass is 31.1. The van der Waals surface area contributed by atoms with Crippen LogP contribution in [-0.2, 0) is 4.57 Å². The van der Waals surface area contributed by atoms with E-state index < -0.39 is 8.25 Å². The van der Waals surface area contributed by atoms with Crippen LogP contribution in [-0.4, -0.2) is 12.0 Å². The van der Waals surface area contributed by atoms with Gasteiger partial charge in [0.05, 0.1) is 7.11 Å². The lowest BCUT2D eigenvalue weighted by Gasteiger charge is -2.10. The molecule has 0 bridgehead atoms. The molecule has 0 saturated carbocycles. The molecule has 0 aliphatic carbocycles. The molecule has 0 spiro atoms. The molecule has 1 atom stereocenters. The van der Waals surface area contributed by atoms with E-state index >= 15 is 0 Å². The Kier molecular flexibility index (Phi) is 4.95. The van der Waals surface area contributed by atoms with E-state index in [0.717, 1.165) is 5.56 Å². The smallest absolute Gasteiger partial charge is 0.495 e. The second-order valence-corrected chi connectivity index (χ2v) is 5.02. The van der Waals surface area contributed by atoms with E-state index in [1.807, 2.05) is 6.07 Å². The SMILES string of the molecule is COc1cccc(Oc2cc(C)cc(O[P+](=O)O)c2)c1C#N. The molecule has 0 radical (unpaired) electrons. The van der Waals surface area contributed by atoms with Gasteiger partial charge >= 0.3 is 8.25 Å². The Bertz CT molecular complexity index is 754. The summed E-state index contributed by atoms with van der Waals surface area (Å²) in [7, 11) is -1.29. The molecule has 2 aromatic carbocycles. The molecule has 1 N–H and O–H groups in total. The van der Waals surface area contributed by atoms with Crippen LogP contribution in [0.1, 0.15) is 11.1 Å². The summed E-state index contributed by atoms with van der Waals surface area (Å²) in [5.74, 6) is 1.32. The van der Waals surface area contributed by atoms with E-state index in [-0.39, 0.29) is 11.3 Å². The van der Waals surface area contributed by atoms with Gasteiger partial charge < -0.3 is 9.47 Å². The fraction of sp³-hybridized carbons (Fsp3) is 0.133. The molecule has 6 nitrogen and oxygen atoms in total. The first-order valence-electron chi connectivity index (χ1n) is 6.24. The Morgan fingerprint density at radius 3 is 2.50 bits per heavy atom. The summed E-state index contributed by atoms with van der Waals surface area (Å²) in [4.78, 5) is 8.81. The number of nitrogens with zero attached hydrogens (tertiary/aromatic N) is 1. The van der Waals surface area contributed by atoms with Gasteiger partial charge in [-0.05, 0) is 36.8 Å². The number of aryl methyl sites for hydroxylation is 1. The molecule has 0 aromatic heterocycles. The zero-order valence-corrected chi connectivity index (χ0v) is 12.8. The van der Waals surface area contributed by atoms with Crippen LogP contribution < -0.4 is 14.0 Å². The topological polar surface area (TPSA) is 88.8 Å². The first kappa shape index (κ1) is 15.8. The zero-order valence-electron chi connectivity index (χ0n) is 11.9. The molecule has 0 saturated heterocycles. The molecular formula is C15H13NO5P+. The van der Waals surface area contributed by atoms with Gasteiger partial charge in [-0.3, -0.25) is 0 Å². The quantitative estimate of drug-likeness (QED) is 0.846. The molecule has 0 amide bonds. The zero-order chi connectivity index (χ0) is 16.1. The molecule has 0 aliphatic rings. The van der Waals surface area contributed by atoms with Crippen LogP contribution in [0.3, 0.4) is 0 Å². The van der Waals surface area contributed by atoms with Crippen LogP contribution in [0, 0.1) is 18.3 Å². The average molecular weight is 318 g/mol. The Balaban J connectivity index is 2.37. The highest BCUT2D eigenvalue weighted by molar-refractivity contribution is 7.32. The fourth-order valence-electron chi connectivity index (χ4n) is 1.92. The largest absolute Gasteiger partial charge is 0.747 e. The maximum Gasteiger partial charge on any atom is 0.747 e. The minimum absolute atomic E-state index is 0.208. The summed E-state index contributed by atoms with van der Waals surface area (Å²) in [5, 5.41) is 9.23. The number of nitriles is 1. The summed E-state index contributed by atoms with van der Waals surface area (Å²) in [6.07, 6.45) is 0. The lowest BCUT2D eigenvalue weighted by Crippen LogP contribution is -1.93. The standard InChI is InChI=1S/C15H12NO5P/c1-10-6-11(8-12(7-10)21-22(17)18)20-15-5-3-4-14(19-2)13(15)9-16/h3-8H,1-2H3/p+1. The Morgan fingerprint density at radius 2 is 1.86 bits per heavy atom. The number of ether oxygens (including phenoxy) is 2. The maximum absolute atomic E-state index is 10.8. The summed E-state index contributed by atoms with van der Waals surface area (Å²) in [6.45, 7) is 1.79. The van der Waals surface area contributed by atoms with Crippen LogP contribution in [0.25, 0.3) is 0 Å². The van der Waals surface area contributed by atoms with Crippen molar-refractivity contribution in [2.75, 3.05) is 7.11 Å². The molecule has 22 heavy (non-hydrogen) atoms. The predicted molar refractivity (Wildman–Crippen MR) is 79.4 cm³/mol. The average Bonchev–Trinajstić information content (AvgIpc) is 2.45.